The van der Waals surface area contributed by atoms with E-state index >= 15 is 0 Å². The number of methoxy groups -OCH3 is 1. The lowest BCUT2D eigenvalue weighted by Gasteiger charge is -2.07. The number of benzene rings is 5. The van der Waals surface area contributed by atoms with Gasteiger partial charge >= 0.3 is 5.97 Å². The van der Waals surface area contributed by atoms with Crippen LogP contribution in [0.25, 0.3) is 21.5 Å². The van der Waals surface area contributed by atoms with Gasteiger partial charge in [0.25, 0.3) is 0 Å². The summed E-state index contributed by atoms with van der Waals surface area (Å²) in [6.45, 7) is 1.80. The Morgan fingerprint density at radius 3 is 1.48 bits per heavy atom. The summed E-state index contributed by atoms with van der Waals surface area (Å²) >= 11 is 0. The maximum atomic E-state index is 12.7. The van der Waals surface area contributed by atoms with Crippen LogP contribution in [0.2, 0.25) is 0 Å². The minimum Gasteiger partial charge on any atom is -0.494 e. The molecule has 0 radical (unpaired) electrons. The lowest BCUT2D eigenvalue weighted by Crippen LogP contribution is -2.04. The summed E-state index contributed by atoms with van der Waals surface area (Å²) < 4.78 is 16.9. The van der Waals surface area contributed by atoms with Crippen molar-refractivity contribution >= 4 is 27.5 Å². The van der Waals surface area contributed by atoms with Gasteiger partial charge in [0.15, 0.2) is 0 Å². The second kappa shape index (κ2) is 19.1. The molecular formula is C44H44O6. The Bertz CT molecular complexity index is 2020. The fraction of sp³-hybridized carbons (Fsp3) is 0.295. The van der Waals surface area contributed by atoms with Crippen molar-refractivity contribution in [3.63, 3.8) is 0 Å². The average Bonchev–Trinajstić information content (AvgIpc) is 3.15. The van der Waals surface area contributed by atoms with Crippen LogP contribution in [0.5, 0.6) is 11.5 Å². The number of hydrogen-bond acceptors (Lipinski definition) is 6. The van der Waals surface area contributed by atoms with Gasteiger partial charge < -0.3 is 24.4 Å². The van der Waals surface area contributed by atoms with E-state index in [-0.39, 0.29) is 13.2 Å². The van der Waals surface area contributed by atoms with Crippen LogP contribution in [0.3, 0.4) is 0 Å². The predicted molar refractivity (Wildman–Crippen MR) is 200 cm³/mol. The number of carbonyl (C=O) groups excluding carboxylic acids is 1. The van der Waals surface area contributed by atoms with Crippen molar-refractivity contribution in [2.75, 3.05) is 33.5 Å². The molecule has 5 aromatic rings. The topological polar surface area (TPSA) is 85.2 Å². The molecule has 256 valence electrons. The number of carbonyl (C=O) groups is 1. The highest BCUT2D eigenvalue weighted by molar-refractivity contribution is 5.93. The molecule has 0 saturated heterocycles. The molecular weight excluding hydrogens is 624 g/mol. The summed E-state index contributed by atoms with van der Waals surface area (Å²) in [4.78, 5) is 12.7. The fourth-order valence-corrected chi connectivity index (χ4v) is 5.59. The van der Waals surface area contributed by atoms with Crippen molar-refractivity contribution in [3.05, 3.63) is 119 Å². The lowest BCUT2D eigenvalue weighted by molar-refractivity contribution is 0.0600. The van der Waals surface area contributed by atoms with Crippen LogP contribution < -0.4 is 9.47 Å². The highest BCUT2D eigenvalue weighted by Crippen LogP contribution is 2.24. The first-order chi connectivity index (χ1) is 24.6. The molecule has 6 heteroatoms. The monoisotopic (exact) mass is 668 g/mol. The third-order valence-electron chi connectivity index (χ3n) is 8.38. The number of esters is 1. The summed E-state index contributed by atoms with van der Waals surface area (Å²) in [5, 5.41) is 22.1. The van der Waals surface area contributed by atoms with Gasteiger partial charge in [0.05, 0.1) is 25.9 Å². The first-order valence-corrected chi connectivity index (χ1v) is 17.4. The highest BCUT2D eigenvalue weighted by Gasteiger charge is 2.11. The zero-order chi connectivity index (χ0) is 35.0. The molecule has 0 aliphatic rings. The van der Waals surface area contributed by atoms with Gasteiger partial charge in [0, 0.05) is 35.5 Å². The Morgan fingerprint density at radius 1 is 0.520 bits per heavy atom. The first kappa shape index (κ1) is 36.0. The summed E-state index contributed by atoms with van der Waals surface area (Å²) in [6, 6.07) is 29.6. The van der Waals surface area contributed by atoms with Crippen molar-refractivity contribution in [1.29, 1.82) is 0 Å². The smallest absolute Gasteiger partial charge is 0.339 e. The molecule has 0 fully saturated rings. The molecule has 2 N–H and O–H groups in total. The van der Waals surface area contributed by atoms with Gasteiger partial charge in [-0.15, -0.1) is 0 Å². The molecule has 0 aromatic heterocycles. The summed E-state index contributed by atoms with van der Waals surface area (Å²) in [5.41, 5.74) is 3.32. The molecule has 0 heterocycles. The fourth-order valence-electron chi connectivity index (χ4n) is 5.59. The number of ether oxygens (including phenoxy) is 3. The van der Waals surface area contributed by atoms with Gasteiger partial charge in [-0.2, -0.15) is 0 Å². The Labute approximate surface area is 295 Å². The van der Waals surface area contributed by atoms with E-state index in [9.17, 15) is 4.79 Å². The third-order valence-corrected chi connectivity index (χ3v) is 8.38. The van der Waals surface area contributed by atoms with Crippen molar-refractivity contribution in [2.45, 2.75) is 51.4 Å². The Kier molecular flexibility index (Phi) is 13.7. The second-order valence-electron chi connectivity index (χ2n) is 12.2. The molecule has 50 heavy (non-hydrogen) atoms. The van der Waals surface area contributed by atoms with Crippen LogP contribution >= 0.6 is 0 Å². The van der Waals surface area contributed by atoms with Crippen LogP contribution in [-0.2, 0) is 4.74 Å². The van der Waals surface area contributed by atoms with E-state index in [0.29, 0.717) is 29.9 Å². The third kappa shape index (κ3) is 10.6. The van der Waals surface area contributed by atoms with Crippen LogP contribution in [0.15, 0.2) is 91.0 Å². The SMILES string of the molecule is COC(=O)c1cc(C#Cc2ccc3cc(OCCCCCCO)ccc3c2)ccc1C#Cc1ccc2cc(OCCCCCCO)ccc2c1. The molecule has 0 atom stereocenters. The standard InChI is InChI=1S/C44H44O6/c1-48-44(47)43-30-35(11-10-33-14-18-39-31-41(22-20-37(39)28-33)49-26-8-4-2-6-24-45)13-17-36(43)16-12-34-15-19-40-32-42(23-21-38(40)29-34)50-27-9-5-3-7-25-46/h13-15,17-23,28-32,45-46H,2-9,24-27H2,1H3. The normalized spacial score (nSPS) is 10.6. The van der Waals surface area contributed by atoms with E-state index in [1.54, 1.807) is 6.07 Å². The predicted octanol–water partition coefficient (Wildman–Crippen LogP) is 8.44. The number of fused-ring (bicyclic) bond motifs is 2. The van der Waals surface area contributed by atoms with Gasteiger partial charge in [-0.1, -0.05) is 60.8 Å². The molecule has 0 aliphatic heterocycles. The molecule has 5 rings (SSSR count). The van der Waals surface area contributed by atoms with E-state index in [1.165, 1.54) is 7.11 Å². The van der Waals surface area contributed by atoms with Gasteiger partial charge in [-0.25, -0.2) is 4.79 Å². The number of hydrogen-bond donors (Lipinski definition) is 2. The number of unbranched alkanes of at least 4 members (excludes halogenated alkanes) is 6. The van der Waals surface area contributed by atoms with E-state index in [4.69, 9.17) is 24.4 Å². The molecule has 0 amide bonds. The highest BCUT2D eigenvalue weighted by atomic mass is 16.5. The van der Waals surface area contributed by atoms with Crippen molar-refractivity contribution in [2.24, 2.45) is 0 Å². The van der Waals surface area contributed by atoms with E-state index in [0.717, 1.165) is 95.5 Å². The molecule has 5 aromatic carbocycles. The molecule has 0 saturated carbocycles. The maximum absolute atomic E-state index is 12.7. The van der Waals surface area contributed by atoms with Crippen molar-refractivity contribution in [1.82, 2.24) is 0 Å². The largest absolute Gasteiger partial charge is 0.494 e. The van der Waals surface area contributed by atoms with Crippen LogP contribution in [-0.4, -0.2) is 49.7 Å². The lowest BCUT2D eigenvalue weighted by atomic mass is 10.0. The van der Waals surface area contributed by atoms with Crippen LogP contribution in [0.4, 0.5) is 0 Å². The number of aliphatic hydroxyl groups is 2. The second-order valence-corrected chi connectivity index (χ2v) is 12.2. The van der Waals surface area contributed by atoms with E-state index < -0.39 is 5.97 Å². The molecule has 0 aliphatic carbocycles. The minimum absolute atomic E-state index is 0.243. The van der Waals surface area contributed by atoms with Crippen molar-refractivity contribution in [3.8, 4) is 35.2 Å². The molecule has 0 unspecified atom stereocenters. The summed E-state index contributed by atoms with van der Waals surface area (Å²) in [7, 11) is 1.36. The maximum Gasteiger partial charge on any atom is 0.339 e. The Morgan fingerprint density at radius 2 is 0.960 bits per heavy atom. The Hall–Kier alpha value is -5.27. The van der Waals surface area contributed by atoms with Gasteiger partial charge in [0.2, 0.25) is 0 Å². The zero-order valence-electron chi connectivity index (χ0n) is 28.7. The Balaban J connectivity index is 1.25. The summed E-state index contributed by atoms with van der Waals surface area (Å²) in [6.07, 6.45) is 7.73. The number of aliphatic hydroxyl groups excluding tert-OH is 2. The van der Waals surface area contributed by atoms with Crippen molar-refractivity contribution < 1.29 is 29.2 Å². The van der Waals surface area contributed by atoms with E-state index in [2.05, 4.69) is 23.7 Å². The molecule has 6 nitrogen and oxygen atoms in total. The minimum atomic E-state index is -0.466. The average molecular weight is 669 g/mol. The first-order valence-electron chi connectivity index (χ1n) is 17.4. The van der Waals surface area contributed by atoms with Crippen LogP contribution in [0, 0.1) is 23.7 Å². The van der Waals surface area contributed by atoms with Gasteiger partial charge in [0.1, 0.15) is 11.5 Å². The quantitative estimate of drug-likeness (QED) is 0.0662. The number of rotatable bonds is 15. The molecule has 0 bridgehead atoms. The zero-order valence-corrected chi connectivity index (χ0v) is 28.7. The van der Waals surface area contributed by atoms with Gasteiger partial charge in [-0.05, 0) is 127 Å². The molecule has 0 spiro atoms. The van der Waals surface area contributed by atoms with Crippen LogP contribution in [0.1, 0.15) is 84.0 Å². The van der Waals surface area contributed by atoms with E-state index in [1.807, 2.05) is 84.9 Å². The summed E-state index contributed by atoms with van der Waals surface area (Å²) in [5.74, 6) is 14.0. The van der Waals surface area contributed by atoms with Gasteiger partial charge in [-0.3, -0.25) is 0 Å².